The number of hydrogen-bond donors (Lipinski definition) is 1. The summed E-state index contributed by atoms with van der Waals surface area (Å²) in [5.74, 6) is -0.955. The molecular formula is C24H25FN6O3. The molecule has 2 bridgehead atoms. The van der Waals surface area contributed by atoms with Gasteiger partial charge in [-0.05, 0) is 25.0 Å². The molecule has 2 N–H and O–H groups in total. The molecule has 34 heavy (non-hydrogen) atoms. The van der Waals surface area contributed by atoms with Gasteiger partial charge in [0.2, 0.25) is 5.91 Å². The maximum atomic E-state index is 14.1. The van der Waals surface area contributed by atoms with Crippen molar-refractivity contribution in [3.8, 4) is 0 Å². The van der Waals surface area contributed by atoms with Crippen LogP contribution in [0, 0.1) is 5.82 Å². The number of morpholine rings is 1. The van der Waals surface area contributed by atoms with Crippen LogP contribution in [0.3, 0.4) is 0 Å². The van der Waals surface area contributed by atoms with E-state index in [0.29, 0.717) is 26.2 Å². The first-order valence-corrected chi connectivity index (χ1v) is 11.5. The number of fused-ring (bicyclic) bond motifs is 3. The highest BCUT2D eigenvalue weighted by molar-refractivity contribution is 5.96. The van der Waals surface area contributed by atoms with Gasteiger partial charge < -0.3 is 20.3 Å². The average molecular weight is 465 g/mol. The van der Waals surface area contributed by atoms with Crippen molar-refractivity contribution in [1.29, 1.82) is 0 Å². The van der Waals surface area contributed by atoms with Gasteiger partial charge in [-0.25, -0.2) is 9.37 Å². The van der Waals surface area contributed by atoms with Crippen LogP contribution in [0.1, 0.15) is 34.8 Å². The van der Waals surface area contributed by atoms with E-state index in [2.05, 4.69) is 4.98 Å². The van der Waals surface area contributed by atoms with E-state index >= 15 is 0 Å². The molecule has 3 aromatic rings. The topological polar surface area (TPSA) is 107 Å². The van der Waals surface area contributed by atoms with Gasteiger partial charge in [0, 0.05) is 37.5 Å². The summed E-state index contributed by atoms with van der Waals surface area (Å²) in [6.45, 7) is 2.27. The van der Waals surface area contributed by atoms with Gasteiger partial charge in [-0.2, -0.15) is 5.10 Å². The summed E-state index contributed by atoms with van der Waals surface area (Å²) in [5.41, 5.74) is 7.28. The number of aromatic nitrogens is 3. The summed E-state index contributed by atoms with van der Waals surface area (Å²) in [7, 11) is 0. The van der Waals surface area contributed by atoms with Gasteiger partial charge in [-0.1, -0.05) is 18.2 Å². The number of ether oxygens (including phenoxy) is 1. The molecule has 3 saturated heterocycles. The van der Waals surface area contributed by atoms with Crippen molar-refractivity contribution in [2.45, 2.75) is 37.5 Å². The Balaban J connectivity index is 1.19. The minimum Gasteiger partial charge on any atom is -0.384 e. The van der Waals surface area contributed by atoms with Crippen molar-refractivity contribution in [2.24, 2.45) is 0 Å². The first kappa shape index (κ1) is 21.0. The van der Waals surface area contributed by atoms with Gasteiger partial charge in [-0.3, -0.25) is 14.3 Å². The predicted octanol–water partition coefficient (Wildman–Crippen LogP) is 1.78. The molecule has 0 aliphatic carbocycles. The number of para-hydroxylation sites is 1. The van der Waals surface area contributed by atoms with Gasteiger partial charge >= 0.3 is 0 Å². The van der Waals surface area contributed by atoms with E-state index in [4.69, 9.17) is 15.6 Å². The minimum absolute atomic E-state index is 0.00618. The highest BCUT2D eigenvalue weighted by Crippen LogP contribution is 2.33. The quantitative estimate of drug-likeness (QED) is 0.631. The Bertz CT molecular complexity index is 1270. The molecule has 2 unspecified atom stereocenters. The third-order valence-corrected chi connectivity index (χ3v) is 7.03. The average Bonchev–Trinajstić information content (AvgIpc) is 3.33. The second-order valence-corrected chi connectivity index (χ2v) is 9.31. The van der Waals surface area contributed by atoms with Crippen LogP contribution in [0.15, 0.2) is 36.5 Å². The first-order chi connectivity index (χ1) is 16.5. The number of nitrogen functional groups attached to an aromatic ring is 1. The number of rotatable bonds is 4. The molecule has 176 valence electrons. The Morgan fingerprint density at radius 2 is 1.82 bits per heavy atom. The van der Waals surface area contributed by atoms with E-state index in [-0.39, 0.29) is 42.0 Å². The summed E-state index contributed by atoms with van der Waals surface area (Å²) >= 11 is 0. The number of carbonyl (C=O) groups is 2. The number of likely N-dealkylation sites (tertiary alicyclic amines) is 2. The Morgan fingerprint density at radius 1 is 1.09 bits per heavy atom. The molecule has 6 rings (SSSR count). The van der Waals surface area contributed by atoms with Crippen molar-refractivity contribution >= 4 is 28.5 Å². The molecule has 10 heteroatoms. The summed E-state index contributed by atoms with van der Waals surface area (Å²) in [6.07, 6.45) is 3.27. The molecule has 0 spiro atoms. The molecule has 5 heterocycles. The monoisotopic (exact) mass is 464 g/mol. The third kappa shape index (κ3) is 3.58. The Labute approximate surface area is 195 Å². The molecular weight excluding hydrogens is 439 g/mol. The zero-order chi connectivity index (χ0) is 23.4. The maximum Gasteiger partial charge on any atom is 0.257 e. The molecule has 2 amide bonds. The van der Waals surface area contributed by atoms with Crippen LogP contribution in [-0.2, 0) is 16.1 Å². The summed E-state index contributed by atoms with van der Waals surface area (Å²) in [4.78, 5) is 32.9. The minimum atomic E-state index is -0.688. The van der Waals surface area contributed by atoms with E-state index < -0.39 is 11.7 Å². The lowest BCUT2D eigenvalue weighted by Crippen LogP contribution is -2.49. The van der Waals surface area contributed by atoms with Crippen molar-refractivity contribution in [2.75, 3.05) is 31.9 Å². The van der Waals surface area contributed by atoms with Crippen LogP contribution in [0.5, 0.6) is 0 Å². The van der Waals surface area contributed by atoms with Crippen molar-refractivity contribution in [3.63, 3.8) is 0 Å². The zero-order valence-corrected chi connectivity index (χ0v) is 18.6. The summed E-state index contributed by atoms with van der Waals surface area (Å²) in [6, 6.07) is 9.08. The van der Waals surface area contributed by atoms with Crippen LogP contribution < -0.4 is 5.73 Å². The Morgan fingerprint density at radius 3 is 2.59 bits per heavy atom. The normalized spacial score (nSPS) is 22.3. The number of nitrogens with zero attached hydrogens (tertiary/aromatic N) is 5. The van der Waals surface area contributed by atoms with Gasteiger partial charge in [0.1, 0.15) is 12.4 Å². The lowest BCUT2D eigenvalue weighted by atomic mass is 9.93. The molecule has 9 nitrogen and oxygen atoms in total. The number of halogens is 1. The standard InChI is InChI=1S/C24H25FN6O3/c25-19-8-27-21(26)7-18(19)24(33)30-9-14(10-30)23-17-3-1-2-4-20(17)31(28-23)13-22(32)29-11-15-5-6-16(12-29)34-15/h1-4,7-8,14-16H,5-6,9-13H2,(H2,26,27). The molecule has 3 aliphatic heterocycles. The van der Waals surface area contributed by atoms with E-state index in [1.54, 1.807) is 9.58 Å². The number of benzene rings is 1. The fraction of sp³-hybridized carbons (Fsp3) is 0.417. The van der Waals surface area contributed by atoms with Gasteiger partial charge in [0.05, 0.1) is 35.2 Å². The van der Waals surface area contributed by atoms with Crippen LogP contribution in [-0.4, -0.2) is 74.8 Å². The van der Waals surface area contributed by atoms with Gasteiger partial charge in [0.25, 0.3) is 5.91 Å². The first-order valence-electron chi connectivity index (χ1n) is 11.5. The molecule has 2 atom stereocenters. The second-order valence-electron chi connectivity index (χ2n) is 9.31. The summed E-state index contributed by atoms with van der Waals surface area (Å²) < 4.78 is 21.7. The molecule has 1 aromatic carbocycles. The van der Waals surface area contributed by atoms with Crippen molar-refractivity contribution in [1.82, 2.24) is 24.6 Å². The molecule has 2 aromatic heterocycles. The van der Waals surface area contributed by atoms with Crippen LogP contribution in [0.25, 0.3) is 10.9 Å². The Kier molecular flexibility index (Phi) is 4.98. The van der Waals surface area contributed by atoms with Crippen LogP contribution in [0.4, 0.5) is 10.2 Å². The van der Waals surface area contributed by atoms with E-state index in [1.165, 1.54) is 6.07 Å². The number of nitrogens with two attached hydrogens (primary N) is 1. The molecule has 0 radical (unpaired) electrons. The largest absolute Gasteiger partial charge is 0.384 e. The maximum absolute atomic E-state index is 14.1. The van der Waals surface area contributed by atoms with Crippen LogP contribution in [0.2, 0.25) is 0 Å². The fourth-order valence-electron chi connectivity index (χ4n) is 5.23. The van der Waals surface area contributed by atoms with Crippen molar-refractivity contribution < 1.29 is 18.7 Å². The molecule has 3 aliphatic rings. The van der Waals surface area contributed by atoms with E-state index in [0.717, 1.165) is 35.6 Å². The number of amides is 2. The lowest BCUT2D eigenvalue weighted by Gasteiger charge is -2.38. The number of hydrogen-bond acceptors (Lipinski definition) is 6. The third-order valence-electron chi connectivity index (χ3n) is 7.03. The fourth-order valence-corrected chi connectivity index (χ4v) is 5.23. The van der Waals surface area contributed by atoms with Crippen molar-refractivity contribution in [3.05, 3.63) is 53.6 Å². The smallest absolute Gasteiger partial charge is 0.257 e. The number of pyridine rings is 1. The van der Waals surface area contributed by atoms with Gasteiger partial charge in [0.15, 0.2) is 5.82 Å². The predicted molar refractivity (Wildman–Crippen MR) is 121 cm³/mol. The molecule has 3 fully saturated rings. The van der Waals surface area contributed by atoms with Gasteiger partial charge in [-0.15, -0.1) is 0 Å². The summed E-state index contributed by atoms with van der Waals surface area (Å²) in [5, 5.41) is 5.76. The highest BCUT2D eigenvalue weighted by Gasteiger charge is 2.38. The number of anilines is 1. The SMILES string of the molecule is Nc1cc(C(=O)N2CC(c3nn(CC(=O)N4CC5CCC(C4)O5)c4ccccc34)C2)c(F)cn1. The number of carbonyl (C=O) groups excluding carboxylic acids is 2. The molecule has 0 saturated carbocycles. The second kappa shape index (κ2) is 8.05. The van der Waals surface area contributed by atoms with E-state index in [1.807, 2.05) is 29.2 Å². The lowest BCUT2D eigenvalue weighted by molar-refractivity contribution is -0.140. The zero-order valence-electron chi connectivity index (χ0n) is 18.6. The van der Waals surface area contributed by atoms with Crippen LogP contribution >= 0.6 is 0 Å². The Hall–Kier alpha value is -3.53. The van der Waals surface area contributed by atoms with E-state index in [9.17, 15) is 14.0 Å². The highest BCUT2D eigenvalue weighted by atomic mass is 19.1.